The molecule has 2 unspecified atom stereocenters. The number of carbonyl (C=O) groups excluding carboxylic acids is 3. The molecule has 1 aliphatic carbocycles. The van der Waals surface area contributed by atoms with Crippen LogP contribution in [0.1, 0.15) is 78.4 Å². The molecule has 0 saturated heterocycles. The van der Waals surface area contributed by atoms with Gasteiger partial charge in [0, 0.05) is 26.7 Å². The molecule has 2 atom stereocenters. The summed E-state index contributed by atoms with van der Waals surface area (Å²) in [5, 5.41) is 8.59. The van der Waals surface area contributed by atoms with Crippen LogP contribution in [0.3, 0.4) is 0 Å². The second-order valence-electron chi connectivity index (χ2n) is 10.3. The lowest BCUT2D eigenvalue weighted by atomic mass is 10.0. The van der Waals surface area contributed by atoms with Gasteiger partial charge in [-0.2, -0.15) is 0 Å². The van der Waals surface area contributed by atoms with Crippen LogP contribution in [0.4, 0.5) is 0 Å². The summed E-state index contributed by atoms with van der Waals surface area (Å²) in [6, 6.07) is 18.2. The maximum absolute atomic E-state index is 12.8. The first-order valence-corrected chi connectivity index (χ1v) is 16.0. The number of likely N-dealkylation sites (N-methyl/N-ethyl adjacent to an activating group) is 2. The van der Waals surface area contributed by atoms with E-state index in [0.717, 1.165) is 38.0 Å². The fraction of sp³-hybridized carbons (Fsp3) is 0.571. The van der Waals surface area contributed by atoms with Crippen LogP contribution in [0.2, 0.25) is 0 Å². The van der Waals surface area contributed by atoms with Crippen molar-refractivity contribution >= 4 is 18.2 Å². The van der Waals surface area contributed by atoms with Crippen LogP contribution in [0.25, 0.3) is 0 Å². The van der Waals surface area contributed by atoms with Gasteiger partial charge in [-0.15, -0.1) is 0 Å². The highest BCUT2D eigenvalue weighted by atomic mass is 16.5. The van der Waals surface area contributed by atoms with E-state index < -0.39 is 0 Å². The number of para-hydroxylation sites is 1. The number of aryl methyl sites for hydroxylation is 2. The third-order valence-corrected chi connectivity index (χ3v) is 6.29. The van der Waals surface area contributed by atoms with Gasteiger partial charge in [-0.3, -0.25) is 14.4 Å². The van der Waals surface area contributed by atoms with Gasteiger partial charge in [0.2, 0.25) is 18.2 Å². The lowest BCUT2D eigenvalue weighted by molar-refractivity contribution is -0.136. The molecule has 1 aliphatic heterocycles. The van der Waals surface area contributed by atoms with Crippen LogP contribution < -0.4 is 20.7 Å². The maximum atomic E-state index is 12.8. The first kappa shape index (κ1) is 39.6. The molecule has 0 aromatic heterocycles. The van der Waals surface area contributed by atoms with Crippen LogP contribution in [0.5, 0.6) is 5.75 Å². The van der Waals surface area contributed by atoms with Crippen molar-refractivity contribution in [3.8, 4) is 5.75 Å². The molecule has 43 heavy (non-hydrogen) atoms. The zero-order valence-electron chi connectivity index (χ0n) is 27.9. The molecule has 1 saturated carbocycles. The maximum Gasteiger partial charge on any atom is 0.240 e. The molecule has 8 heteroatoms. The van der Waals surface area contributed by atoms with Crippen LogP contribution in [-0.2, 0) is 20.8 Å². The molecule has 4 rings (SSSR count). The average molecular weight is 599 g/mol. The molecule has 2 aliphatic rings. The highest BCUT2D eigenvalue weighted by Crippen LogP contribution is 2.34. The number of amides is 3. The number of hydrogen-bond acceptors (Lipinski definition) is 5. The number of benzene rings is 2. The minimum atomic E-state index is -0.227. The molecule has 3 N–H and O–H groups in total. The van der Waals surface area contributed by atoms with Gasteiger partial charge < -0.3 is 25.6 Å². The summed E-state index contributed by atoms with van der Waals surface area (Å²) in [5.41, 5.74) is 2.57. The molecule has 0 spiro atoms. The zero-order chi connectivity index (χ0) is 32.5. The molecular formula is C35H58N4O4. The Balaban J connectivity index is 0.000000849. The number of fused-ring (bicyclic) bond motifs is 1. The van der Waals surface area contributed by atoms with E-state index in [4.69, 9.17) is 4.74 Å². The van der Waals surface area contributed by atoms with Crippen molar-refractivity contribution in [3.05, 3.63) is 65.7 Å². The Labute approximate surface area is 261 Å². The van der Waals surface area contributed by atoms with Crippen LogP contribution >= 0.6 is 0 Å². The van der Waals surface area contributed by atoms with Gasteiger partial charge in [0.05, 0.1) is 12.6 Å². The van der Waals surface area contributed by atoms with E-state index in [1.165, 1.54) is 22.4 Å². The second-order valence-corrected chi connectivity index (χ2v) is 10.3. The molecule has 2 aromatic carbocycles. The molecule has 242 valence electrons. The lowest BCUT2D eigenvalue weighted by Crippen LogP contribution is -2.51. The van der Waals surface area contributed by atoms with E-state index >= 15 is 0 Å². The Bertz CT molecular complexity index is 998. The van der Waals surface area contributed by atoms with Crippen molar-refractivity contribution in [2.24, 2.45) is 5.92 Å². The van der Waals surface area contributed by atoms with Gasteiger partial charge in [0.1, 0.15) is 11.9 Å². The zero-order valence-corrected chi connectivity index (χ0v) is 27.9. The number of rotatable bonds is 10. The first-order chi connectivity index (χ1) is 20.8. The Hall–Kier alpha value is -3.39. The van der Waals surface area contributed by atoms with E-state index in [0.29, 0.717) is 25.4 Å². The van der Waals surface area contributed by atoms with E-state index in [1.54, 1.807) is 7.05 Å². The summed E-state index contributed by atoms with van der Waals surface area (Å²) in [6.45, 7) is 16.1. The Kier molecular flexibility index (Phi) is 23.2. The van der Waals surface area contributed by atoms with Crippen LogP contribution in [-0.4, -0.2) is 68.5 Å². The summed E-state index contributed by atoms with van der Waals surface area (Å²) in [5.74, 6) is 1.20. The number of nitrogens with one attached hydrogen (secondary N) is 3. The highest BCUT2D eigenvalue weighted by molar-refractivity contribution is 5.87. The van der Waals surface area contributed by atoms with Crippen LogP contribution in [0.15, 0.2) is 54.6 Å². The third kappa shape index (κ3) is 18.0. The summed E-state index contributed by atoms with van der Waals surface area (Å²) < 4.78 is 6.07. The molecule has 8 nitrogen and oxygen atoms in total. The minimum Gasteiger partial charge on any atom is -0.489 e. The molecule has 0 bridgehead atoms. The standard InChI is InChI=1S/C20H29N3O3.C7H8.C3H7NO.C3H8.C2H6/c1-3-21-18(24)13-23(2)20(25)19(15-8-9-15)22-12-16-11-10-14-6-4-5-7-17(14)26-16;1-7-5-3-2-4-6-7;1-2-4-3-5;1-3-2;1-2/h4-7,15-16,19,22H,3,8-13H2,1-2H3,(H,21,24);2-6H,1H3;3H,2H2,1H3,(H,4,5);3H2,1-2H3;1-2H3. The number of ether oxygens (including phenoxy) is 1. The van der Waals surface area contributed by atoms with Crippen molar-refractivity contribution in [1.82, 2.24) is 20.9 Å². The summed E-state index contributed by atoms with van der Waals surface area (Å²) >= 11 is 0. The van der Waals surface area contributed by atoms with Gasteiger partial charge in [0.15, 0.2) is 0 Å². The molecule has 1 fully saturated rings. The van der Waals surface area contributed by atoms with Crippen molar-refractivity contribution in [3.63, 3.8) is 0 Å². The van der Waals surface area contributed by atoms with Crippen LogP contribution in [0, 0.1) is 12.8 Å². The monoisotopic (exact) mass is 598 g/mol. The fourth-order valence-corrected chi connectivity index (χ4v) is 4.07. The Morgan fingerprint density at radius 1 is 0.953 bits per heavy atom. The number of hydrogen-bond donors (Lipinski definition) is 3. The quantitative estimate of drug-likeness (QED) is 0.312. The predicted octanol–water partition coefficient (Wildman–Crippen LogP) is 5.53. The van der Waals surface area contributed by atoms with Crippen molar-refractivity contribution < 1.29 is 19.1 Å². The smallest absolute Gasteiger partial charge is 0.240 e. The molecule has 0 radical (unpaired) electrons. The normalized spacial score (nSPS) is 14.7. The average Bonchev–Trinajstić information content (AvgIpc) is 3.86. The summed E-state index contributed by atoms with van der Waals surface area (Å²) in [4.78, 5) is 35.3. The SMILES string of the molecule is CC.CCC.CCNC(=O)CN(C)C(=O)C(NCC1CCc2ccccc2O1)C1CC1.CCNC=O.Cc1ccccc1. The van der Waals surface area contributed by atoms with Crippen molar-refractivity contribution in [1.29, 1.82) is 0 Å². The largest absolute Gasteiger partial charge is 0.489 e. The van der Waals surface area contributed by atoms with Gasteiger partial charge in [-0.1, -0.05) is 88.2 Å². The lowest BCUT2D eigenvalue weighted by Gasteiger charge is -2.29. The third-order valence-electron chi connectivity index (χ3n) is 6.29. The minimum absolute atomic E-state index is 0.00466. The summed E-state index contributed by atoms with van der Waals surface area (Å²) in [6.07, 6.45) is 6.08. The van der Waals surface area contributed by atoms with E-state index in [2.05, 4.69) is 54.9 Å². The molecular weight excluding hydrogens is 540 g/mol. The molecule has 1 heterocycles. The van der Waals surface area contributed by atoms with Gasteiger partial charge in [0.25, 0.3) is 0 Å². The van der Waals surface area contributed by atoms with E-state index in [1.807, 2.05) is 64.1 Å². The van der Waals surface area contributed by atoms with E-state index in [-0.39, 0.29) is 30.5 Å². The molecule has 2 aromatic rings. The van der Waals surface area contributed by atoms with Gasteiger partial charge >= 0.3 is 0 Å². The van der Waals surface area contributed by atoms with E-state index in [9.17, 15) is 14.4 Å². The van der Waals surface area contributed by atoms with Gasteiger partial charge in [-0.25, -0.2) is 0 Å². The topological polar surface area (TPSA) is 99.8 Å². The second kappa shape index (κ2) is 25.1. The highest BCUT2D eigenvalue weighted by Gasteiger charge is 2.38. The fourth-order valence-electron chi connectivity index (χ4n) is 4.07. The van der Waals surface area contributed by atoms with Crippen molar-refractivity contribution in [2.45, 2.75) is 92.7 Å². The van der Waals surface area contributed by atoms with Gasteiger partial charge in [-0.05, 0) is 64.0 Å². The Morgan fingerprint density at radius 3 is 2.05 bits per heavy atom. The Morgan fingerprint density at radius 2 is 1.56 bits per heavy atom. The first-order valence-electron chi connectivity index (χ1n) is 16.0. The van der Waals surface area contributed by atoms with Crippen molar-refractivity contribution in [2.75, 3.05) is 33.2 Å². The summed E-state index contributed by atoms with van der Waals surface area (Å²) in [7, 11) is 1.70. The predicted molar refractivity (Wildman–Crippen MR) is 178 cm³/mol. The molecule has 3 amide bonds. The number of nitrogens with zero attached hydrogens (tertiary/aromatic N) is 1. The number of carbonyl (C=O) groups is 3.